The minimum Gasteiger partial charge on any atom is -0.493 e. The summed E-state index contributed by atoms with van der Waals surface area (Å²) in [6.45, 7) is 3.30. The molecule has 6 nitrogen and oxygen atoms in total. The lowest BCUT2D eigenvalue weighted by Gasteiger charge is -2.12. The van der Waals surface area contributed by atoms with Crippen LogP contribution in [0.3, 0.4) is 0 Å². The maximum atomic E-state index is 11.9. The van der Waals surface area contributed by atoms with Crippen molar-refractivity contribution < 1.29 is 19.1 Å². The zero-order valence-electron chi connectivity index (χ0n) is 15.0. The zero-order chi connectivity index (χ0) is 19.6. The summed E-state index contributed by atoms with van der Waals surface area (Å²) >= 11 is 5.79. The molecule has 0 bridgehead atoms. The zero-order valence-corrected chi connectivity index (χ0v) is 15.7. The van der Waals surface area contributed by atoms with E-state index in [4.69, 9.17) is 21.1 Å². The van der Waals surface area contributed by atoms with Crippen molar-refractivity contribution in [1.82, 2.24) is 5.32 Å². The minimum atomic E-state index is -0.418. The second kappa shape index (κ2) is 10.2. The lowest BCUT2D eigenvalue weighted by atomic mass is 10.1. The fourth-order valence-electron chi connectivity index (χ4n) is 2.24. The predicted molar refractivity (Wildman–Crippen MR) is 105 cm³/mol. The van der Waals surface area contributed by atoms with E-state index in [-0.39, 0.29) is 19.1 Å². The first-order valence-corrected chi connectivity index (χ1v) is 8.62. The number of nitrogens with one attached hydrogen (secondary N) is 2. The molecule has 7 heteroatoms. The number of benzene rings is 2. The van der Waals surface area contributed by atoms with Crippen molar-refractivity contribution in [1.29, 1.82) is 0 Å². The van der Waals surface area contributed by atoms with Gasteiger partial charge in [-0.25, -0.2) is 0 Å². The molecule has 2 rings (SSSR count). The Morgan fingerprint density at radius 1 is 1.11 bits per heavy atom. The largest absolute Gasteiger partial charge is 0.493 e. The van der Waals surface area contributed by atoms with Gasteiger partial charge < -0.3 is 20.1 Å². The van der Waals surface area contributed by atoms with Crippen LogP contribution in [0, 0.1) is 0 Å². The molecule has 0 aliphatic rings. The van der Waals surface area contributed by atoms with E-state index in [1.54, 1.807) is 36.4 Å². The van der Waals surface area contributed by atoms with Crippen molar-refractivity contribution in [2.45, 2.75) is 6.42 Å². The minimum absolute atomic E-state index is 0.166. The quantitative estimate of drug-likeness (QED) is 0.647. The monoisotopic (exact) mass is 388 g/mol. The second-order valence-electron chi connectivity index (χ2n) is 5.60. The van der Waals surface area contributed by atoms with E-state index in [9.17, 15) is 9.59 Å². The van der Waals surface area contributed by atoms with Crippen LogP contribution in [0.15, 0.2) is 55.1 Å². The Morgan fingerprint density at radius 3 is 2.52 bits per heavy atom. The van der Waals surface area contributed by atoms with Crippen LogP contribution in [-0.4, -0.2) is 32.1 Å². The first kappa shape index (κ1) is 20.3. The molecule has 2 amide bonds. The van der Waals surface area contributed by atoms with Crippen LogP contribution < -0.4 is 20.1 Å². The topological polar surface area (TPSA) is 76.7 Å². The van der Waals surface area contributed by atoms with Crippen molar-refractivity contribution in [3.8, 4) is 11.5 Å². The Hall–Kier alpha value is -2.99. The number of hydrogen-bond donors (Lipinski definition) is 2. The molecule has 0 aromatic heterocycles. The molecule has 0 saturated carbocycles. The van der Waals surface area contributed by atoms with Gasteiger partial charge in [-0.1, -0.05) is 23.7 Å². The number of hydrogen-bond acceptors (Lipinski definition) is 4. The lowest BCUT2D eigenvalue weighted by molar-refractivity contribution is -0.125. The molecule has 0 saturated heterocycles. The van der Waals surface area contributed by atoms with Gasteiger partial charge >= 0.3 is 0 Å². The van der Waals surface area contributed by atoms with Crippen molar-refractivity contribution in [2.24, 2.45) is 0 Å². The van der Waals surface area contributed by atoms with Gasteiger partial charge in [0, 0.05) is 10.7 Å². The number of carbonyl (C=O) groups excluding carboxylic acids is 2. The Balaban J connectivity index is 1.79. The van der Waals surface area contributed by atoms with Crippen LogP contribution in [0.2, 0.25) is 5.02 Å². The third-order valence-electron chi connectivity index (χ3n) is 3.54. The van der Waals surface area contributed by atoms with Crippen LogP contribution in [-0.2, 0) is 16.0 Å². The molecule has 0 spiro atoms. The van der Waals surface area contributed by atoms with Crippen LogP contribution in [0.4, 0.5) is 5.69 Å². The number of carbonyl (C=O) groups is 2. The van der Waals surface area contributed by atoms with E-state index in [2.05, 4.69) is 17.2 Å². The summed E-state index contributed by atoms with van der Waals surface area (Å²) in [5, 5.41) is 5.73. The van der Waals surface area contributed by atoms with Crippen LogP contribution in [0.5, 0.6) is 11.5 Å². The fourth-order valence-corrected chi connectivity index (χ4v) is 2.36. The predicted octanol–water partition coefficient (Wildman–Crippen LogP) is 3.21. The van der Waals surface area contributed by atoms with Crippen LogP contribution >= 0.6 is 11.6 Å². The Morgan fingerprint density at radius 2 is 1.85 bits per heavy atom. The van der Waals surface area contributed by atoms with E-state index in [0.29, 0.717) is 28.6 Å². The number of ether oxygens (including phenoxy) is 2. The van der Waals surface area contributed by atoms with Gasteiger partial charge in [-0.2, -0.15) is 0 Å². The molecule has 0 heterocycles. The number of halogens is 1. The number of anilines is 1. The molecule has 2 N–H and O–H groups in total. The van der Waals surface area contributed by atoms with Gasteiger partial charge in [0.05, 0.1) is 13.7 Å². The highest BCUT2D eigenvalue weighted by Gasteiger charge is 2.10. The summed E-state index contributed by atoms with van der Waals surface area (Å²) in [6, 6.07) is 12.1. The third-order valence-corrected chi connectivity index (χ3v) is 3.79. The maximum absolute atomic E-state index is 11.9. The summed E-state index contributed by atoms with van der Waals surface area (Å²) in [4.78, 5) is 23.7. The SMILES string of the molecule is C=CCc1ccc(OCC(=O)NCC(=O)Nc2ccc(Cl)cc2)c(OC)c1. The summed E-state index contributed by atoms with van der Waals surface area (Å²) in [6.07, 6.45) is 2.50. The Bertz CT molecular complexity index is 806. The molecule has 0 fully saturated rings. The highest BCUT2D eigenvalue weighted by Crippen LogP contribution is 2.28. The summed E-state index contributed by atoms with van der Waals surface area (Å²) in [5.41, 5.74) is 1.62. The second-order valence-corrected chi connectivity index (χ2v) is 6.03. The van der Waals surface area contributed by atoms with Crippen molar-refractivity contribution in [3.05, 3.63) is 65.7 Å². The first-order chi connectivity index (χ1) is 13.0. The Labute approximate surface area is 163 Å². The molecule has 0 aliphatic heterocycles. The standard InChI is InChI=1S/C20H21ClN2O4/c1-3-4-14-5-10-17(18(11-14)26-2)27-13-20(25)22-12-19(24)23-16-8-6-15(21)7-9-16/h3,5-11H,1,4,12-13H2,2H3,(H,22,25)(H,23,24). The van der Waals surface area contributed by atoms with Gasteiger partial charge in [0.15, 0.2) is 18.1 Å². The number of amides is 2. The van der Waals surface area contributed by atoms with E-state index < -0.39 is 5.91 Å². The number of methoxy groups -OCH3 is 1. The Kier molecular flexibility index (Phi) is 7.70. The highest BCUT2D eigenvalue weighted by molar-refractivity contribution is 6.30. The van der Waals surface area contributed by atoms with Crippen molar-refractivity contribution in [2.75, 3.05) is 25.6 Å². The molecular weight excluding hydrogens is 368 g/mol. The van der Waals surface area contributed by atoms with Crippen molar-refractivity contribution >= 4 is 29.1 Å². The van der Waals surface area contributed by atoms with E-state index in [1.807, 2.05) is 12.1 Å². The molecule has 27 heavy (non-hydrogen) atoms. The number of allylic oxidation sites excluding steroid dienone is 1. The summed E-state index contributed by atoms with van der Waals surface area (Å²) in [7, 11) is 1.53. The van der Waals surface area contributed by atoms with Crippen LogP contribution in [0.1, 0.15) is 5.56 Å². The van der Waals surface area contributed by atoms with Gasteiger partial charge in [-0.3, -0.25) is 9.59 Å². The average molecular weight is 389 g/mol. The summed E-state index contributed by atoms with van der Waals surface area (Å²) in [5.74, 6) is 0.212. The van der Waals surface area contributed by atoms with Gasteiger partial charge in [0.2, 0.25) is 5.91 Å². The van der Waals surface area contributed by atoms with Crippen molar-refractivity contribution in [3.63, 3.8) is 0 Å². The van der Waals surface area contributed by atoms with E-state index in [1.165, 1.54) is 7.11 Å². The third kappa shape index (κ3) is 6.67. The van der Waals surface area contributed by atoms with Gasteiger partial charge in [0.25, 0.3) is 5.91 Å². The summed E-state index contributed by atoms with van der Waals surface area (Å²) < 4.78 is 10.8. The lowest BCUT2D eigenvalue weighted by Crippen LogP contribution is -2.35. The molecule has 2 aromatic rings. The molecule has 0 aliphatic carbocycles. The smallest absolute Gasteiger partial charge is 0.258 e. The van der Waals surface area contributed by atoms with Gasteiger partial charge in [0.1, 0.15) is 0 Å². The molecule has 0 radical (unpaired) electrons. The van der Waals surface area contributed by atoms with Gasteiger partial charge in [-0.15, -0.1) is 6.58 Å². The molecule has 2 aromatic carbocycles. The highest BCUT2D eigenvalue weighted by atomic mass is 35.5. The fraction of sp³-hybridized carbons (Fsp3) is 0.200. The normalized spacial score (nSPS) is 10.0. The average Bonchev–Trinajstić information content (AvgIpc) is 2.67. The van der Waals surface area contributed by atoms with Gasteiger partial charge in [-0.05, 0) is 48.4 Å². The van der Waals surface area contributed by atoms with E-state index >= 15 is 0 Å². The molecular formula is C20H21ClN2O4. The molecule has 0 unspecified atom stereocenters. The van der Waals surface area contributed by atoms with Crippen LogP contribution in [0.25, 0.3) is 0 Å². The number of rotatable bonds is 9. The first-order valence-electron chi connectivity index (χ1n) is 8.24. The molecule has 0 atom stereocenters. The maximum Gasteiger partial charge on any atom is 0.258 e. The molecule has 142 valence electrons. The van der Waals surface area contributed by atoms with E-state index in [0.717, 1.165) is 5.56 Å².